The molecule has 0 spiro atoms. The summed E-state index contributed by atoms with van der Waals surface area (Å²) in [5, 5.41) is 0. The summed E-state index contributed by atoms with van der Waals surface area (Å²) in [7, 11) is 0. The molecule has 4 rings (SSSR count). The van der Waals surface area contributed by atoms with E-state index in [0.29, 0.717) is 13.0 Å². The summed E-state index contributed by atoms with van der Waals surface area (Å²) in [6, 6.07) is 10.6. The van der Waals surface area contributed by atoms with Crippen molar-refractivity contribution in [1.82, 2.24) is 14.9 Å². The van der Waals surface area contributed by atoms with Gasteiger partial charge in [0, 0.05) is 45.7 Å². The van der Waals surface area contributed by atoms with E-state index in [4.69, 9.17) is 4.98 Å². The maximum Gasteiger partial charge on any atom is 0.227 e. The molecule has 0 N–H and O–H groups in total. The Hall–Kier alpha value is -2.47. The van der Waals surface area contributed by atoms with Crippen LogP contribution in [-0.2, 0) is 17.8 Å². The number of hydrogen-bond donors (Lipinski definition) is 0. The van der Waals surface area contributed by atoms with Crippen LogP contribution in [0.1, 0.15) is 31.0 Å². The van der Waals surface area contributed by atoms with Crippen molar-refractivity contribution >= 4 is 17.5 Å². The number of fused-ring (bicyclic) bond motifs is 1. The number of nitrogens with zero attached hydrogens (tertiary/aromatic N) is 5. The molecule has 2 aliphatic rings. The van der Waals surface area contributed by atoms with Crippen LogP contribution in [0.3, 0.4) is 0 Å². The van der Waals surface area contributed by atoms with Gasteiger partial charge in [0.1, 0.15) is 0 Å². The number of aryl methyl sites for hydroxylation is 1. The van der Waals surface area contributed by atoms with Gasteiger partial charge in [0.05, 0.1) is 17.6 Å². The Labute approximate surface area is 160 Å². The van der Waals surface area contributed by atoms with Crippen molar-refractivity contribution in [3.63, 3.8) is 0 Å². The predicted molar refractivity (Wildman–Crippen MR) is 107 cm³/mol. The molecule has 0 aliphatic carbocycles. The highest BCUT2D eigenvalue weighted by atomic mass is 16.2. The molecular weight excluding hydrogens is 338 g/mol. The van der Waals surface area contributed by atoms with E-state index in [-0.39, 0.29) is 5.91 Å². The van der Waals surface area contributed by atoms with E-state index >= 15 is 0 Å². The molecule has 27 heavy (non-hydrogen) atoms. The zero-order valence-electron chi connectivity index (χ0n) is 16.0. The zero-order valence-corrected chi connectivity index (χ0v) is 16.0. The van der Waals surface area contributed by atoms with Crippen LogP contribution >= 0.6 is 0 Å². The lowest BCUT2D eigenvalue weighted by Crippen LogP contribution is -2.46. The summed E-state index contributed by atoms with van der Waals surface area (Å²) in [6.07, 6.45) is 4.16. The number of carbonyl (C=O) groups excluding carboxylic acids is 1. The Balaban J connectivity index is 1.43. The molecule has 6 nitrogen and oxygen atoms in total. The molecule has 1 aromatic heterocycles. The lowest BCUT2D eigenvalue weighted by atomic mass is 10.2. The molecule has 0 radical (unpaired) electrons. The average molecular weight is 365 g/mol. The van der Waals surface area contributed by atoms with Crippen LogP contribution in [0, 0.1) is 0 Å². The summed E-state index contributed by atoms with van der Waals surface area (Å²) in [6.45, 7) is 7.56. The summed E-state index contributed by atoms with van der Waals surface area (Å²) in [4.78, 5) is 28.2. The van der Waals surface area contributed by atoms with Gasteiger partial charge in [0.25, 0.3) is 0 Å². The van der Waals surface area contributed by atoms with Gasteiger partial charge in [-0.2, -0.15) is 0 Å². The van der Waals surface area contributed by atoms with Gasteiger partial charge >= 0.3 is 0 Å². The third-order valence-electron chi connectivity index (χ3n) is 5.45. The first-order valence-corrected chi connectivity index (χ1v) is 9.92. The fourth-order valence-electron chi connectivity index (χ4n) is 3.93. The molecule has 1 amide bonds. The fraction of sp³-hybridized carbons (Fsp3) is 0.476. The normalized spacial score (nSPS) is 18.3. The third-order valence-corrected chi connectivity index (χ3v) is 5.45. The topological polar surface area (TPSA) is 52.6 Å². The highest BCUT2D eigenvalue weighted by Gasteiger charge is 2.25. The van der Waals surface area contributed by atoms with E-state index in [1.165, 1.54) is 5.56 Å². The monoisotopic (exact) mass is 365 g/mol. The Kier molecular flexibility index (Phi) is 5.34. The molecule has 6 heteroatoms. The first-order valence-electron chi connectivity index (χ1n) is 9.92. The minimum absolute atomic E-state index is 0.183. The van der Waals surface area contributed by atoms with Gasteiger partial charge in [-0.3, -0.25) is 9.69 Å². The molecule has 1 saturated heterocycles. The summed E-state index contributed by atoms with van der Waals surface area (Å²) < 4.78 is 0. The highest BCUT2D eigenvalue weighted by molar-refractivity contribution is 5.94. The van der Waals surface area contributed by atoms with Crippen LogP contribution in [-0.4, -0.2) is 53.5 Å². The van der Waals surface area contributed by atoms with Crippen molar-refractivity contribution in [2.45, 2.75) is 32.7 Å². The van der Waals surface area contributed by atoms with Crippen molar-refractivity contribution < 1.29 is 4.79 Å². The first-order chi connectivity index (χ1) is 13.2. The number of piperazine rings is 1. The van der Waals surface area contributed by atoms with E-state index in [1.807, 2.05) is 18.0 Å². The zero-order chi connectivity index (χ0) is 18.6. The van der Waals surface area contributed by atoms with E-state index < -0.39 is 0 Å². The maximum atomic E-state index is 12.2. The standard InChI is InChI=1S/C21H27N5O/c1-2-26-19-15-22-21(23-18(19)9-6-10-20(26)27)25-13-11-24(12-14-25)16-17-7-4-3-5-8-17/h3-5,7-8,15H,2,6,9-14,16H2,1H3. The van der Waals surface area contributed by atoms with Crippen molar-refractivity contribution in [1.29, 1.82) is 0 Å². The van der Waals surface area contributed by atoms with Crippen molar-refractivity contribution in [3.05, 3.63) is 47.8 Å². The van der Waals surface area contributed by atoms with Gasteiger partial charge in [0.2, 0.25) is 11.9 Å². The van der Waals surface area contributed by atoms with E-state index in [9.17, 15) is 4.79 Å². The van der Waals surface area contributed by atoms with Gasteiger partial charge in [-0.05, 0) is 25.3 Å². The molecule has 3 heterocycles. The minimum Gasteiger partial charge on any atom is -0.338 e. The van der Waals surface area contributed by atoms with Crippen LogP contribution in [0.2, 0.25) is 0 Å². The highest BCUT2D eigenvalue weighted by Crippen LogP contribution is 2.26. The number of rotatable bonds is 4. The van der Waals surface area contributed by atoms with Crippen LogP contribution in [0.25, 0.3) is 0 Å². The number of amides is 1. The molecule has 142 valence electrons. The molecule has 1 fully saturated rings. The number of carbonyl (C=O) groups is 1. The quantitative estimate of drug-likeness (QED) is 0.833. The second kappa shape index (κ2) is 8.05. The Bertz CT molecular complexity index is 786. The summed E-state index contributed by atoms with van der Waals surface area (Å²) >= 11 is 0. The number of hydrogen-bond acceptors (Lipinski definition) is 5. The van der Waals surface area contributed by atoms with Gasteiger partial charge in [-0.25, -0.2) is 9.97 Å². The SMILES string of the molecule is CCN1C(=O)CCCc2nc(N3CCN(Cc4ccccc4)CC3)ncc21. The molecule has 0 unspecified atom stereocenters. The smallest absolute Gasteiger partial charge is 0.227 e. The first kappa shape index (κ1) is 17.9. The fourth-order valence-corrected chi connectivity index (χ4v) is 3.93. The largest absolute Gasteiger partial charge is 0.338 e. The molecule has 2 aliphatic heterocycles. The van der Waals surface area contributed by atoms with Crippen molar-refractivity contribution in [2.75, 3.05) is 42.5 Å². The van der Waals surface area contributed by atoms with Crippen molar-refractivity contribution in [3.8, 4) is 0 Å². The second-order valence-electron chi connectivity index (χ2n) is 7.24. The van der Waals surface area contributed by atoms with Crippen LogP contribution in [0.4, 0.5) is 11.6 Å². The summed E-state index contributed by atoms with van der Waals surface area (Å²) in [5.74, 6) is 0.987. The second-order valence-corrected chi connectivity index (χ2v) is 7.24. The molecular formula is C21H27N5O. The third kappa shape index (κ3) is 3.95. The lowest BCUT2D eigenvalue weighted by molar-refractivity contribution is -0.118. The minimum atomic E-state index is 0.183. The van der Waals surface area contributed by atoms with E-state index in [2.05, 4.69) is 45.1 Å². The molecule has 0 bridgehead atoms. The molecule has 0 saturated carbocycles. The molecule has 1 aromatic carbocycles. The van der Waals surface area contributed by atoms with Gasteiger partial charge in [0.15, 0.2) is 0 Å². The van der Waals surface area contributed by atoms with Crippen LogP contribution in [0.15, 0.2) is 36.5 Å². The Morgan fingerprint density at radius 2 is 1.81 bits per heavy atom. The van der Waals surface area contributed by atoms with E-state index in [1.54, 1.807) is 0 Å². The Morgan fingerprint density at radius 3 is 2.56 bits per heavy atom. The van der Waals surface area contributed by atoms with Gasteiger partial charge in [-0.15, -0.1) is 0 Å². The lowest BCUT2D eigenvalue weighted by Gasteiger charge is -2.35. The number of benzene rings is 1. The number of aromatic nitrogens is 2. The van der Waals surface area contributed by atoms with Gasteiger partial charge < -0.3 is 9.80 Å². The number of anilines is 2. The predicted octanol–water partition coefficient (Wildman–Crippen LogP) is 2.49. The average Bonchev–Trinajstić information content (AvgIpc) is 2.86. The van der Waals surface area contributed by atoms with Crippen LogP contribution < -0.4 is 9.80 Å². The van der Waals surface area contributed by atoms with Crippen LogP contribution in [0.5, 0.6) is 0 Å². The van der Waals surface area contributed by atoms with Crippen molar-refractivity contribution in [2.24, 2.45) is 0 Å². The van der Waals surface area contributed by atoms with E-state index in [0.717, 1.165) is 62.9 Å². The molecule has 2 aromatic rings. The summed E-state index contributed by atoms with van der Waals surface area (Å²) in [5.41, 5.74) is 3.27. The maximum absolute atomic E-state index is 12.2. The molecule has 0 atom stereocenters. The van der Waals surface area contributed by atoms with Gasteiger partial charge in [-0.1, -0.05) is 30.3 Å². The Morgan fingerprint density at radius 1 is 1.04 bits per heavy atom.